The highest BCUT2D eigenvalue weighted by atomic mass is 16.3. The summed E-state index contributed by atoms with van der Waals surface area (Å²) < 4.78 is 0. The number of benzene rings is 1. The lowest BCUT2D eigenvalue weighted by Crippen LogP contribution is -2.21. The maximum Gasteiger partial charge on any atom is 0.292 e. The number of para-hydroxylation sites is 1. The maximum atomic E-state index is 12.2. The van der Waals surface area contributed by atoms with Gasteiger partial charge in [0, 0.05) is 16.8 Å². The molecule has 6 nitrogen and oxygen atoms in total. The van der Waals surface area contributed by atoms with Gasteiger partial charge in [0.25, 0.3) is 5.91 Å². The first-order valence-electron chi connectivity index (χ1n) is 7.36. The molecule has 1 aliphatic carbocycles. The predicted molar refractivity (Wildman–Crippen MR) is 83.0 cm³/mol. The van der Waals surface area contributed by atoms with Gasteiger partial charge in [0.05, 0.1) is 5.71 Å². The van der Waals surface area contributed by atoms with Gasteiger partial charge in [0.1, 0.15) is 5.75 Å². The number of aromatic hydroxyl groups is 1. The van der Waals surface area contributed by atoms with Gasteiger partial charge in [0.15, 0.2) is 5.69 Å². The number of aromatic amines is 1. The van der Waals surface area contributed by atoms with Crippen LogP contribution in [-0.2, 0) is 12.8 Å². The van der Waals surface area contributed by atoms with Gasteiger partial charge in [-0.1, -0.05) is 12.1 Å². The van der Waals surface area contributed by atoms with E-state index in [-0.39, 0.29) is 11.7 Å². The Balaban J connectivity index is 1.76. The van der Waals surface area contributed by atoms with Crippen molar-refractivity contribution in [2.45, 2.75) is 32.6 Å². The quantitative estimate of drug-likeness (QED) is 0.599. The van der Waals surface area contributed by atoms with Gasteiger partial charge in [-0.05, 0) is 44.7 Å². The molecule has 3 rings (SSSR count). The molecule has 0 bridgehead atoms. The molecule has 3 N–H and O–H groups in total. The number of aromatic nitrogens is 2. The van der Waals surface area contributed by atoms with E-state index >= 15 is 0 Å². The van der Waals surface area contributed by atoms with Crippen LogP contribution in [0.5, 0.6) is 5.75 Å². The summed E-state index contributed by atoms with van der Waals surface area (Å²) in [5.74, 6) is -0.190. The number of phenols is 1. The largest absolute Gasteiger partial charge is 0.507 e. The fourth-order valence-electron chi connectivity index (χ4n) is 2.70. The van der Waals surface area contributed by atoms with Gasteiger partial charge < -0.3 is 5.11 Å². The Morgan fingerprint density at radius 2 is 2.09 bits per heavy atom. The highest BCUT2D eigenvalue weighted by Crippen LogP contribution is 2.22. The summed E-state index contributed by atoms with van der Waals surface area (Å²) in [5, 5.41) is 20.9. The molecule has 6 heteroatoms. The van der Waals surface area contributed by atoms with Crippen LogP contribution in [0.2, 0.25) is 0 Å². The average molecular weight is 298 g/mol. The molecule has 1 aliphatic rings. The third-order valence-corrected chi connectivity index (χ3v) is 3.89. The Morgan fingerprint density at radius 3 is 2.91 bits per heavy atom. The van der Waals surface area contributed by atoms with Gasteiger partial charge in [-0.3, -0.25) is 9.89 Å². The molecule has 0 fully saturated rings. The Morgan fingerprint density at radius 1 is 1.32 bits per heavy atom. The summed E-state index contributed by atoms with van der Waals surface area (Å²) in [6, 6.07) is 6.87. The number of amides is 1. The minimum Gasteiger partial charge on any atom is -0.507 e. The second-order valence-electron chi connectivity index (χ2n) is 5.39. The highest BCUT2D eigenvalue weighted by Gasteiger charge is 2.21. The van der Waals surface area contributed by atoms with E-state index in [1.165, 1.54) is 0 Å². The monoisotopic (exact) mass is 298 g/mol. The molecule has 114 valence electrons. The van der Waals surface area contributed by atoms with Crippen molar-refractivity contribution in [2.24, 2.45) is 5.10 Å². The molecule has 0 atom stereocenters. The molecular weight excluding hydrogens is 280 g/mol. The number of aryl methyl sites for hydroxylation is 1. The summed E-state index contributed by atoms with van der Waals surface area (Å²) >= 11 is 0. The van der Waals surface area contributed by atoms with Crippen molar-refractivity contribution >= 4 is 11.6 Å². The molecule has 0 radical (unpaired) electrons. The van der Waals surface area contributed by atoms with Gasteiger partial charge >= 0.3 is 0 Å². The number of nitrogens with zero attached hydrogens (tertiary/aromatic N) is 2. The second-order valence-corrected chi connectivity index (χ2v) is 5.39. The van der Waals surface area contributed by atoms with E-state index in [1.54, 1.807) is 31.2 Å². The smallest absolute Gasteiger partial charge is 0.292 e. The number of hydrogen-bond acceptors (Lipinski definition) is 4. The number of hydrazone groups is 1. The number of carbonyl (C=O) groups excluding carboxylic acids is 1. The van der Waals surface area contributed by atoms with Crippen LogP contribution in [0.15, 0.2) is 29.4 Å². The van der Waals surface area contributed by atoms with Crippen LogP contribution in [0.1, 0.15) is 47.1 Å². The third kappa shape index (κ3) is 2.72. The molecule has 1 aromatic carbocycles. The van der Waals surface area contributed by atoms with Crippen LogP contribution >= 0.6 is 0 Å². The van der Waals surface area contributed by atoms with Gasteiger partial charge in [0.2, 0.25) is 0 Å². The zero-order valence-electron chi connectivity index (χ0n) is 12.4. The number of rotatable bonds is 3. The Hall–Kier alpha value is -2.63. The van der Waals surface area contributed by atoms with E-state index < -0.39 is 0 Å². The fraction of sp³-hybridized carbons (Fsp3) is 0.312. The van der Waals surface area contributed by atoms with Crippen molar-refractivity contribution in [1.29, 1.82) is 0 Å². The summed E-state index contributed by atoms with van der Waals surface area (Å²) in [6.07, 6.45) is 4.01. The first-order chi connectivity index (χ1) is 10.7. The predicted octanol–water partition coefficient (Wildman–Crippen LogP) is 2.15. The van der Waals surface area contributed by atoms with E-state index in [0.717, 1.165) is 36.9 Å². The number of fused-ring (bicyclic) bond motifs is 1. The van der Waals surface area contributed by atoms with E-state index in [2.05, 4.69) is 20.7 Å². The second kappa shape index (κ2) is 6.01. The minimum absolute atomic E-state index is 0.134. The van der Waals surface area contributed by atoms with Crippen LogP contribution in [-0.4, -0.2) is 26.9 Å². The lowest BCUT2D eigenvalue weighted by atomic mass is 9.96. The standard InChI is InChI=1S/C16H18N4O2/c1-10(11-6-3-5-9-14(11)21)17-20-16(22)15-12-7-2-4-8-13(12)18-19-15/h3,5-6,9,21H,2,4,7-8H2,1H3,(H,18,19)(H,20,22)/b17-10-. The lowest BCUT2D eigenvalue weighted by Gasteiger charge is -2.10. The average Bonchev–Trinajstić information content (AvgIpc) is 2.97. The van der Waals surface area contributed by atoms with E-state index in [1.807, 2.05) is 0 Å². The van der Waals surface area contributed by atoms with Crippen molar-refractivity contribution in [1.82, 2.24) is 15.6 Å². The van der Waals surface area contributed by atoms with Crippen LogP contribution in [0.25, 0.3) is 0 Å². The summed E-state index contributed by atoms with van der Waals surface area (Å²) in [5.41, 5.74) is 6.12. The number of carbonyl (C=O) groups is 1. The van der Waals surface area contributed by atoms with Gasteiger partial charge in [-0.15, -0.1) is 0 Å². The summed E-state index contributed by atoms with van der Waals surface area (Å²) in [4.78, 5) is 12.2. The molecule has 0 spiro atoms. The van der Waals surface area contributed by atoms with Crippen LogP contribution in [0.3, 0.4) is 0 Å². The number of phenolic OH excluding ortho intramolecular Hbond substituents is 1. The number of hydrogen-bond donors (Lipinski definition) is 3. The molecule has 0 saturated carbocycles. The highest BCUT2D eigenvalue weighted by molar-refractivity contribution is 6.02. The lowest BCUT2D eigenvalue weighted by molar-refractivity contribution is 0.0948. The van der Waals surface area contributed by atoms with Crippen LogP contribution in [0.4, 0.5) is 0 Å². The Kier molecular flexibility index (Phi) is 3.91. The molecule has 0 aliphatic heterocycles. The van der Waals surface area contributed by atoms with Gasteiger partial charge in [-0.2, -0.15) is 10.2 Å². The Bertz CT molecular complexity index is 733. The van der Waals surface area contributed by atoms with E-state index in [9.17, 15) is 9.90 Å². The van der Waals surface area contributed by atoms with Crippen LogP contribution < -0.4 is 5.43 Å². The van der Waals surface area contributed by atoms with Crippen LogP contribution in [0, 0.1) is 0 Å². The van der Waals surface area contributed by atoms with Crippen molar-refractivity contribution in [3.8, 4) is 5.75 Å². The fourth-order valence-corrected chi connectivity index (χ4v) is 2.70. The molecule has 2 aromatic rings. The van der Waals surface area contributed by atoms with E-state index in [0.29, 0.717) is 17.0 Å². The molecule has 0 unspecified atom stereocenters. The molecule has 0 saturated heterocycles. The van der Waals surface area contributed by atoms with Crippen molar-refractivity contribution in [2.75, 3.05) is 0 Å². The number of H-pyrrole nitrogens is 1. The SMILES string of the molecule is C/C(=N/NC(=O)c1n[nH]c2c1CCCC2)c1ccccc1O. The van der Waals surface area contributed by atoms with Crippen molar-refractivity contribution in [3.63, 3.8) is 0 Å². The summed E-state index contributed by atoms with van der Waals surface area (Å²) in [6.45, 7) is 1.73. The molecule has 1 amide bonds. The first kappa shape index (κ1) is 14.3. The normalized spacial score (nSPS) is 14.5. The Labute approximate surface area is 128 Å². The number of nitrogens with one attached hydrogen (secondary N) is 2. The zero-order valence-corrected chi connectivity index (χ0v) is 12.4. The molecule has 1 heterocycles. The minimum atomic E-state index is -0.325. The topological polar surface area (TPSA) is 90.4 Å². The maximum absolute atomic E-state index is 12.2. The van der Waals surface area contributed by atoms with Crippen molar-refractivity contribution < 1.29 is 9.90 Å². The summed E-state index contributed by atoms with van der Waals surface area (Å²) in [7, 11) is 0. The molecule has 1 aromatic heterocycles. The third-order valence-electron chi connectivity index (χ3n) is 3.89. The van der Waals surface area contributed by atoms with Crippen molar-refractivity contribution in [3.05, 3.63) is 46.8 Å². The molecular formula is C16H18N4O2. The first-order valence-corrected chi connectivity index (χ1v) is 7.36. The zero-order chi connectivity index (χ0) is 15.5. The molecule has 22 heavy (non-hydrogen) atoms. The van der Waals surface area contributed by atoms with Gasteiger partial charge in [-0.25, -0.2) is 5.43 Å². The van der Waals surface area contributed by atoms with E-state index in [4.69, 9.17) is 0 Å².